The Morgan fingerprint density at radius 2 is 1.92 bits per heavy atom. The Kier molecular flexibility index (Phi) is 5.00. The molecule has 128 valence electrons. The van der Waals surface area contributed by atoms with Gasteiger partial charge in [0.2, 0.25) is 5.91 Å². The molecular weight excluding hydrogens is 312 g/mol. The first-order valence-electron chi connectivity index (χ1n) is 7.75. The number of ether oxygens (including phenoxy) is 3. The molecule has 1 saturated heterocycles. The number of morpholine rings is 1. The van der Waals surface area contributed by atoms with Crippen LogP contribution in [0.5, 0.6) is 11.5 Å². The lowest BCUT2D eigenvalue weighted by Crippen LogP contribution is -2.41. The van der Waals surface area contributed by atoms with Crippen LogP contribution in [-0.4, -0.2) is 56.5 Å². The van der Waals surface area contributed by atoms with Crippen LogP contribution in [0, 0.1) is 0 Å². The number of benzene rings is 1. The average molecular weight is 332 g/mol. The second-order valence-corrected chi connectivity index (χ2v) is 5.42. The number of methoxy groups -OCH3 is 2. The van der Waals surface area contributed by atoms with Gasteiger partial charge in [-0.1, -0.05) is 5.16 Å². The third-order valence-electron chi connectivity index (χ3n) is 3.92. The number of nitrogens with zero attached hydrogens (tertiary/aromatic N) is 2. The maximum atomic E-state index is 12.2. The van der Waals surface area contributed by atoms with Crippen LogP contribution in [0.2, 0.25) is 0 Å². The molecule has 1 aliphatic rings. The zero-order valence-corrected chi connectivity index (χ0v) is 13.8. The number of carbonyl (C=O) groups excluding carboxylic acids is 1. The van der Waals surface area contributed by atoms with Crippen molar-refractivity contribution in [2.45, 2.75) is 6.42 Å². The zero-order chi connectivity index (χ0) is 16.9. The molecule has 7 heteroatoms. The molecule has 1 aliphatic heterocycles. The van der Waals surface area contributed by atoms with Crippen LogP contribution in [0.1, 0.15) is 5.69 Å². The summed E-state index contributed by atoms with van der Waals surface area (Å²) in [5, 5.41) is 4.00. The molecule has 0 unspecified atom stereocenters. The van der Waals surface area contributed by atoms with Crippen LogP contribution in [0.15, 0.2) is 28.8 Å². The fourth-order valence-electron chi connectivity index (χ4n) is 2.60. The van der Waals surface area contributed by atoms with Crippen molar-refractivity contribution in [2.24, 2.45) is 0 Å². The standard InChI is InChI=1S/C17H20N2O5/c1-21-14-4-3-12(9-16(14)22-2)15-10-13(18-24-15)11-17(20)19-5-7-23-8-6-19/h3-4,9-10H,5-8,11H2,1-2H3. The van der Waals surface area contributed by atoms with Gasteiger partial charge in [-0.15, -0.1) is 0 Å². The number of carbonyl (C=O) groups is 1. The summed E-state index contributed by atoms with van der Waals surface area (Å²) in [6, 6.07) is 7.25. The number of hydrogen-bond acceptors (Lipinski definition) is 6. The summed E-state index contributed by atoms with van der Waals surface area (Å²) < 4.78 is 21.1. The molecule has 7 nitrogen and oxygen atoms in total. The fourth-order valence-corrected chi connectivity index (χ4v) is 2.60. The van der Waals surface area contributed by atoms with Crippen LogP contribution >= 0.6 is 0 Å². The van der Waals surface area contributed by atoms with E-state index < -0.39 is 0 Å². The highest BCUT2D eigenvalue weighted by atomic mass is 16.5. The van der Waals surface area contributed by atoms with Crippen molar-refractivity contribution >= 4 is 5.91 Å². The average Bonchev–Trinajstić information content (AvgIpc) is 3.10. The molecule has 24 heavy (non-hydrogen) atoms. The lowest BCUT2D eigenvalue weighted by atomic mass is 10.1. The molecule has 0 N–H and O–H groups in total. The monoisotopic (exact) mass is 332 g/mol. The highest BCUT2D eigenvalue weighted by Crippen LogP contribution is 2.32. The highest BCUT2D eigenvalue weighted by molar-refractivity contribution is 5.78. The lowest BCUT2D eigenvalue weighted by molar-refractivity contribution is -0.134. The van der Waals surface area contributed by atoms with E-state index in [1.54, 1.807) is 31.3 Å². The molecule has 0 radical (unpaired) electrons. The Hall–Kier alpha value is -2.54. The van der Waals surface area contributed by atoms with Crippen LogP contribution in [0.4, 0.5) is 0 Å². The molecule has 0 bridgehead atoms. The predicted molar refractivity (Wildman–Crippen MR) is 86.1 cm³/mol. The topological polar surface area (TPSA) is 74.0 Å². The molecule has 1 amide bonds. The second-order valence-electron chi connectivity index (χ2n) is 5.42. The first-order valence-corrected chi connectivity index (χ1v) is 7.75. The Morgan fingerprint density at radius 1 is 1.17 bits per heavy atom. The molecule has 1 aromatic carbocycles. The van der Waals surface area contributed by atoms with Gasteiger partial charge in [-0.05, 0) is 18.2 Å². The van der Waals surface area contributed by atoms with Gasteiger partial charge in [-0.25, -0.2) is 0 Å². The first-order chi connectivity index (χ1) is 11.7. The lowest BCUT2D eigenvalue weighted by Gasteiger charge is -2.26. The molecule has 3 rings (SSSR count). The fraction of sp³-hybridized carbons (Fsp3) is 0.412. The van der Waals surface area contributed by atoms with E-state index in [1.165, 1.54) is 0 Å². The minimum absolute atomic E-state index is 0.0328. The number of aromatic nitrogens is 1. The van der Waals surface area contributed by atoms with Crippen LogP contribution in [0.3, 0.4) is 0 Å². The summed E-state index contributed by atoms with van der Waals surface area (Å²) in [4.78, 5) is 14.0. The Bertz CT molecular complexity index is 707. The summed E-state index contributed by atoms with van der Waals surface area (Å²) in [7, 11) is 3.16. The van der Waals surface area contributed by atoms with Crippen LogP contribution in [-0.2, 0) is 16.0 Å². The van der Waals surface area contributed by atoms with E-state index in [-0.39, 0.29) is 12.3 Å². The maximum absolute atomic E-state index is 12.2. The van der Waals surface area contributed by atoms with Crippen LogP contribution in [0.25, 0.3) is 11.3 Å². The van der Waals surface area contributed by atoms with Gasteiger partial charge in [0.05, 0.1) is 39.5 Å². The van der Waals surface area contributed by atoms with E-state index in [9.17, 15) is 4.79 Å². The van der Waals surface area contributed by atoms with E-state index >= 15 is 0 Å². The third-order valence-corrected chi connectivity index (χ3v) is 3.92. The summed E-state index contributed by atoms with van der Waals surface area (Å²) in [6.45, 7) is 2.42. The predicted octanol–water partition coefficient (Wildman–Crippen LogP) is 1.76. The summed E-state index contributed by atoms with van der Waals surface area (Å²) in [6.07, 6.45) is 0.219. The van der Waals surface area contributed by atoms with Gasteiger partial charge in [-0.2, -0.15) is 0 Å². The Balaban J connectivity index is 1.72. The van der Waals surface area contributed by atoms with E-state index in [0.29, 0.717) is 49.3 Å². The van der Waals surface area contributed by atoms with Gasteiger partial charge in [0, 0.05) is 24.7 Å². The molecule has 1 fully saturated rings. The van der Waals surface area contributed by atoms with Gasteiger partial charge in [-0.3, -0.25) is 4.79 Å². The normalized spacial score (nSPS) is 14.5. The molecule has 2 heterocycles. The van der Waals surface area contributed by atoms with E-state index in [0.717, 1.165) is 5.56 Å². The van der Waals surface area contributed by atoms with Gasteiger partial charge in [0.25, 0.3) is 0 Å². The van der Waals surface area contributed by atoms with E-state index in [1.807, 2.05) is 12.1 Å². The molecule has 0 atom stereocenters. The van der Waals surface area contributed by atoms with Gasteiger partial charge >= 0.3 is 0 Å². The smallest absolute Gasteiger partial charge is 0.228 e. The second kappa shape index (κ2) is 7.35. The Morgan fingerprint density at radius 3 is 2.62 bits per heavy atom. The summed E-state index contributed by atoms with van der Waals surface area (Å²) in [5.74, 6) is 1.87. The third kappa shape index (κ3) is 3.51. The maximum Gasteiger partial charge on any atom is 0.228 e. The number of amides is 1. The van der Waals surface area contributed by atoms with Crippen LogP contribution < -0.4 is 9.47 Å². The largest absolute Gasteiger partial charge is 0.493 e. The SMILES string of the molecule is COc1ccc(-c2cc(CC(=O)N3CCOCC3)no2)cc1OC. The quantitative estimate of drug-likeness (QED) is 0.831. The molecular formula is C17H20N2O5. The first kappa shape index (κ1) is 16.3. The molecule has 0 aliphatic carbocycles. The minimum Gasteiger partial charge on any atom is -0.493 e. The van der Waals surface area contributed by atoms with Gasteiger partial charge < -0.3 is 23.6 Å². The summed E-state index contributed by atoms with van der Waals surface area (Å²) >= 11 is 0. The van der Waals surface area contributed by atoms with Crippen molar-refractivity contribution in [1.29, 1.82) is 0 Å². The van der Waals surface area contributed by atoms with Gasteiger partial charge in [0.1, 0.15) is 0 Å². The minimum atomic E-state index is 0.0328. The zero-order valence-electron chi connectivity index (χ0n) is 13.8. The van der Waals surface area contributed by atoms with Crippen molar-refractivity contribution in [1.82, 2.24) is 10.1 Å². The Labute approximate surface area is 140 Å². The summed E-state index contributed by atoms with van der Waals surface area (Å²) in [5.41, 5.74) is 1.42. The number of rotatable bonds is 5. The molecule has 0 spiro atoms. The molecule has 0 saturated carbocycles. The van der Waals surface area contributed by atoms with Crippen molar-refractivity contribution in [3.63, 3.8) is 0 Å². The van der Waals surface area contributed by atoms with Crippen molar-refractivity contribution in [3.05, 3.63) is 30.0 Å². The van der Waals surface area contributed by atoms with E-state index in [2.05, 4.69) is 5.16 Å². The highest BCUT2D eigenvalue weighted by Gasteiger charge is 2.19. The molecule has 1 aromatic heterocycles. The van der Waals surface area contributed by atoms with Crippen molar-refractivity contribution in [3.8, 4) is 22.8 Å². The van der Waals surface area contributed by atoms with Crippen molar-refractivity contribution < 1.29 is 23.5 Å². The van der Waals surface area contributed by atoms with E-state index in [4.69, 9.17) is 18.7 Å². The number of hydrogen-bond donors (Lipinski definition) is 0. The van der Waals surface area contributed by atoms with Gasteiger partial charge in [0.15, 0.2) is 17.3 Å². The molecule has 2 aromatic rings. The van der Waals surface area contributed by atoms with Crippen molar-refractivity contribution in [2.75, 3.05) is 40.5 Å².